The molecule has 48 valence electrons. The van der Waals surface area contributed by atoms with E-state index in [0.717, 1.165) is 19.4 Å². The second-order valence-corrected chi connectivity index (χ2v) is 2.40. The molecule has 2 heteroatoms. The molecule has 1 rings (SSSR count). The van der Waals surface area contributed by atoms with E-state index in [-0.39, 0.29) is 6.10 Å². The normalized spacial score (nSPS) is 38.2. The van der Waals surface area contributed by atoms with Crippen molar-refractivity contribution in [2.24, 2.45) is 0 Å². The zero-order chi connectivity index (χ0) is 5.98. The van der Waals surface area contributed by atoms with Crippen molar-refractivity contribution < 1.29 is 5.11 Å². The third-order valence-electron chi connectivity index (χ3n) is 1.69. The molecule has 0 spiro atoms. The maximum atomic E-state index is 8.97. The zero-order valence-electron chi connectivity index (χ0n) is 5.22. The van der Waals surface area contributed by atoms with Gasteiger partial charge in [-0.15, -0.1) is 0 Å². The van der Waals surface area contributed by atoms with Gasteiger partial charge < -0.3 is 10.4 Å². The topological polar surface area (TPSA) is 32.3 Å². The Morgan fingerprint density at radius 2 is 2.50 bits per heavy atom. The molecule has 2 N–H and O–H groups in total. The Balaban J connectivity index is 2.22. The van der Waals surface area contributed by atoms with Crippen molar-refractivity contribution in [1.82, 2.24) is 5.32 Å². The molecule has 1 aliphatic rings. The lowest BCUT2D eigenvalue weighted by molar-refractivity contribution is 0.193. The minimum atomic E-state index is -0.0834. The van der Waals surface area contributed by atoms with Gasteiger partial charge in [-0.2, -0.15) is 0 Å². The van der Waals surface area contributed by atoms with Gasteiger partial charge in [0.2, 0.25) is 0 Å². The van der Waals surface area contributed by atoms with Crippen LogP contribution in [0, 0.1) is 0 Å². The lowest BCUT2D eigenvalue weighted by Gasteiger charge is -2.02. The molecule has 0 aromatic heterocycles. The van der Waals surface area contributed by atoms with Gasteiger partial charge in [-0.1, -0.05) is 6.92 Å². The molecule has 0 aromatic rings. The molecule has 0 saturated carbocycles. The molecule has 0 unspecified atom stereocenters. The molecule has 0 amide bonds. The van der Waals surface area contributed by atoms with Crippen LogP contribution in [-0.2, 0) is 0 Å². The average molecular weight is 115 g/mol. The van der Waals surface area contributed by atoms with E-state index in [2.05, 4.69) is 12.2 Å². The molecular weight excluding hydrogens is 102 g/mol. The summed E-state index contributed by atoms with van der Waals surface area (Å²) in [5.41, 5.74) is 0. The summed E-state index contributed by atoms with van der Waals surface area (Å²) in [6.07, 6.45) is 1.99. The van der Waals surface area contributed by atoms with Gasteiger partial charge in [0.25, 0.3) is 0 Å². The van der Waals surface area contributed by atoms with Gasteiger partial charge in [-0.3, -0.25) is 0 Å². The van der Waals surface area contributed by atoms with Gasteiger partial charge >= 0.3 is 0 Å². The quantitative estimate of drug-likeness (QED) is 0.508. The molecule has 0 aromatic carbocycles. The Morgan fingerprint density at radius 1 is 1.75 bits per heavy atom. The highest BCUT2D eigenvalue weighted by molar-refractivity contribution is 4.79. The molecule has 0 aliphatic carbocycles. The van der Waals surface area contributed by atoms with E-state index in [9.17, 15) is 0 Å². The number of rotatable bonds is 1. The fourth-order valence-corrected chi connectivity index (χ4v) is 1.11. The molecule has 1 fully saturated rings. The third-order valence-corrected chi connectivity index (χ3v) is 1.69. The number of hydrogen-bond acceptors (Lipinski definition) is 2. The van der Waals surface area contributed by atoms with Crippen molar-refractivity contribution in [3.8, 4) is 0 Å². The lowest BCUT2D eigenvalue weighted by Crippen LogP contribution is -2.19. The van der Waals surface area contributed by atoms with Crippen LogP contribution in [0.15, 0.2) is 0 Å². The van der Waals surface area contributed by atoms with Crippen molar-refractivity contribution in [3.63, 3.8) is 0 Å². The summed E-state index contributed by atoms with van der Waals surface area (Å²) in [4.78, 5) is 0. The van der Waals surface area contributed by atoms with Gasteiger partial charge in [-0.25, -0.2) is 0 Å². The molecule has 1 heterocycles. The molecule has 0 bridgehead atoms. The molecule has 1 saturated heterocycles. The summed E-state index contributed by atoms with van der Waals surface area (Å²) in [5.74, 6) is 0. The van der Waals surface area contributed by atoms with Gasteiger partial charge in [0.1, 0.15) is 0 Å². The van der Waals surface area contributed by atoms with Crippen LogP contribution in [0.5, 0.6) is 0 Å². The van der Waals surface area contributed by atoms with E-state index in [4.69, 9.17) is 5.11 Å². The van der Waals surface area contributed by atoms with Crippen LogP contribution >= 0.6 is 0 Å². The van der Waals surface area contributed by atoms with Crippen LogP contribution in [0.2, 0.25) is 0 Å². The number of aliphatic hydroxyl groups excluding tert-OH is 1. The molecule has 8 heavy (non-hydrogen) atoms. The summed E-state index contributed by atoms with van der Waals surface area (Å²) in [5, 5.41) is 12.2. The Kier molecular flexibility index (Phi) is 1.86. The predicted molar refractivity (Wildman–Crippen MR) is 32.7 cm³/mol. The van der Waals surface area contributed by atoms with Crippen molar-refractivity contribution in [1.29, 1.82) is 0 Å². The van der Waals surface area contributed by atoms with Crippen molar-refractivity contribution >= 4 is 0 Å². The van der Waals surface area contributed by atoms with Crippen molar-refractivity contribution in [3.05, 3.63) is 0 Å². The van der Waals surface area contributed by atoms with Gasteiger partial charge in [0.05, 0.1) is 6.10 Å². The third kappa shape index (κ3) is 1.20. The van der Waals surface area contributed by atoms with Crippen molar-refractivity contribution in [2.75, 3.05) is 6.54 Å². The second-order valence-electron chi connectivity index (χ2n) is 2.40. The fraction of sp³-hybridized carbons (Fsp3) is 1.00. The number of nitrogens with one attached hydrogen (secondary N) is 1. The molecule has 0 radical (unpaired) electrons. The highest BCUT2D eigenvalue weighted by Gasteiger charge is 2.19. The Hall–Kier alpha value is -0.0800. The van der Waals surface area contributed by atoms with Crippen LogP contribution in [0.25, 0.3) is 0 Å². The fourth-order valence-electron chi connectivity index (χ4n) is 1.11. The summed E-state index contributed by atoms with van der Waals surface area (Å²) >= 11 is 0. The van der Waals surface area contributed by atoms with Gasteiger partial charge in [0, 0.05) is 12.6 Å². The number of hydrogen-bond donors (Lipinski definition) is 2. The second kappa shape index (κ2) is 2.46. The first kappa shape index (κ1) is 6.05. The zero-order valence-corrected chi connectivity index (χ0v) is 5.22. The van der Waals surface area contributed by atoms with Crippen molar-refractivity contribution in [2.45, 2.75) is 31.9 Å². The number of aliphatic hydroxyl groups is 1. The molecule has 1 aliphatic heterocycles. The van der Waals surface area contributed by atoms with E-state index in [1.54, 1.807) is 0 Å². The minimum Gasteiger partial charge on any atom is -0.392 e. The van der Waals surface area contributed by atoms with Crippen LogP contribution in [-0.4, -0.2) is 23.8 Å². The van der Waals surface area contributed by atoms with E-state index >= 15 is 0 Å². The van der Waals surface area contributed by atoms with Crippen LogP contribution in [0.3, 0.4) is 0 Å². The monoisotopic (exact) mass is 115 g/mol. The molecule has 2 atom stereocenters. The van der Waals surface area contributed by atoms with E-state index < -0.39 is 0 Å². The number of β-amino-alcohol motifs (C(OH)–C–C–N with tert-alkyl or cyclic N) is 1. The first-order chi connectivity index (χ1) is 3.83. The SMILES string of the molecule is CC[C@H]1C[C@@H](O)CN1. The highest BCUT2D eigenvalue weighted by Crippen LogP contribution is 2.07. The Morgan fingerprint density at radius 3 is 2.75 bits per heavy atom. The smallest absolute Gasteiger partial charge is 0.0679 e. The lowest BCUT2D eigenvalue weighted by atomic mass is 10.2. The maximum Gasteiger partial charge on any atom is 0.0679 e. The Bertz CT molecular complexity index is 74.9. The maximum absolute atomic E-state index is 8.97. The Labute approximate surface area is 49.9 Å². The average Bonchev–Trinajstić information content (AvgIpc) is 2.14. The van der Waals surface area contributed by atoms with Gasteiger partial charge in [0.15, 0.2) is 0 Å². The highest BCUT2D eigenvalue weighted by atomic mass is 16.3. The van der Waals surface area contributed by atoms with Crippen LogP contribution < -0.4 is 5.32 Å². The summed E-state index contributed by atoms with van der Waals surface area (Å²) < 4.78 is 0. The standard InChI is InChI=1S/C6H13NO/c1-2-5-3-6(8)4-7-5/h5-8H,2-4H2,1H3/t5-,6+/m0/s1. The van der Waals surface area contributed by atoms with Crippen LogP contribution in [0.4, 0.5) is 0 Å². The summed E-state index contributed by atoms with van der Waals surface area (Å²) in [7, 11) is 0. The largest absolute Gasteiger partial charge is 0.392 e. The van der Waals surface area contributed by atoms with E-state index in [0.29, 0.717) is 6.04 Å². The predicted octanol–water partition coefficient (Wildman–Crippen LogP) is 0.119. The first-order valence-electron chi connectivity index (χ1n) is 3.24. The van der Waals surface area contributed by atoms with Gasteiger partial charge in [-0.05, 0) is 12.8 Å². The molecular formula is C6H13NO. The summed E-state index contributed by atoms with van der Waals surface area (Å²) in [6.45, 7) is 2.92. The van der Waals surface area contributed by atoms with E-state index in [1.165, 1.54) is 0 Å². The molecule has 2 nitrogen and oxygen atoms in total. The summed E-state index contributed by atoms with van der Waals surface area (Å²) in [6, 6.07) is 0.574. The van der Waals surface area contributed by atoms with Crippen LogP contribution in [0.1, 0.15) is 19.8 Å². The minimum absolute atomic E-state index is 0.0834. The van der Waals surface area contributed by atoms with E-state index in [1.807, 2.05) is 0 Å². The first-order valence-corrected chi connectivity index (χ1v) is 3.24.